The van der Waals surface area contributed by atoms with E-state index in [1.165, 1.54) is 49.1 Å². The summed E-state index contributed by atoms with van der Waals surface area (Å²) in [6, 6.07) is 12.6. The smallest absolute Gasteiger partial charge is 0.258 e. The van der Waals surface area contributed by atoms with Crippen molar-refractivity contribution in [3.8, 4) is 11.3 Å². The van der Waals surface area contributed by atoms with Gasteiger partial charge >= 0.3 is 0 Å². The fourth-order valence-electron chi connectivity index (χ4n) is 4.68. The van der Waals surface area contributed by atoms with E-state index in [0.717, 1.165) is 34.1 Å². The molecule has 4 nitrogen and oxygen atoms in total. The van der Waals surface area contributed by atoms with Crippen LogP contribution in [0.15, 0.2) is 42.5 Å². The Hall–Kier alpha value is -2.73. The van der Waals surface area contributed by atoms with Gasteiger partial charge in [-0.2, -0.15) is 0 Å². The Labute approximate surface area is 186 Å². The van der Waals surface area contributed by atoms with E-state index in [4.69, 9.17) is 4.98 Å². The van der Waals surface area contributed by atoms with E-state index in [1.54, 1.807) is 28.4 Å². The van der Waals surface area contributed by atoms with Crippen LogP contribution >= 0.6 is 11.3 Å². The van der Waals surface area contributed by atoms with Crippen molar-refractivity contribution in [2.24, 2.45) is 0 Å². The van der Waals surface area contributed by atoms with Crippen LogP contribution < -0.4 is 10.2 Å². The van der Waals surface area contributed by atoms with E-state index in [1.807, 2.05) is 12.1 Å². The number of carbonyl (C=O) groups is 1. The predicted molar refractivity (Wildman–Crippen MR) is 125 cm³/mol. The third kappa shape index (κ3) is 4.09. The SMILES string of the molecule is Cc1sc(NC2CCCCC2)nc1-c1ccc2c(c1)CCN2C(=O)c1cccc(F)c1. The molecule has 0 radical (unpaired) electrons. The number of rotatable bonds is 4. The van der Waals surface area contributed by atoms with Gasteiger partial charge in [-0.15, -0.1) is 11.3 Å². The topological polar surface area (TPSA) is 45.2 Å². The number of fused-ring (bicyclic) bond motifs is 1. The Bertz CT molecular complexity index is 1120. The van der Waals surface area contributed by atoms with Gasteiger partial charge in [0.25, 0.3) is 5.91 Å². The molecule has 1 aliphatic heterocycles. The average molecular weight is 436 g/mol. The van der Waals surface area contributed by atoms with Gasteiger partial charge in [-0.25, -0.2) is 9.37 Å². The van der Waals surface area contributed by atoms with Crippen molar-refractivity contribution in [3.05, 3.63) is 64.3 Å². The largest absolute Gasteiger partial charge is 0.359 e. The van der Waals surface area contributed by atoms with Crippen molar-refractivity contribution < 1.29 is 9.18 Å². The van der Waals surface area contributed by atoms with E-state index in [-0.39, 0.29) is 5.91 Å². The molecule has 1 amide bonds. The maximum absolute atomic E-state index is 13.6. The zero-order chi connectivity index (χ0) is 21.4. The molecular formula is C25H26FN3OS. The van der Waals surface area contributed by atoms with Crippen molar-refractivity contribution in [3.63, 3.8) is 0 Å². The van der Waals surface area contributed by atoms with Gasteiger partial charge in [-0.05, 0) is 62.1 Å². The number of nitrogens with one attached hydrogen (secondary N) is 1. The molecule has 1 fully saturated rings. The number of benzene rings is 2. The Kier molecular flexibility index (Phi) is 5.48. The first kappa shape index (κ1) is 20.2. The second-order valence-electron chi connectivity index (χ2n) is 8.46. The molecule has 1 aliphatic carbocycles. The molecule has 1 saturated carbocycles. The fraction of sp³-hybridized carbons (Fsp3) is 0.360. The number of aromatic nitrogens is 1. The van der Waals surface area contributed by atoms with Crippen molar-refractivity contribution in [2.45, 2.75) is 51.5 Å². The minimum Gasteiger partial charge on any atom is -0.359 e. The molecule has 2 aromatic carbocycles. The highest BCUT2D eigenvalue weighted by atomic mass is 32.1. The number of aryl methyl sites for hydroxylation is 1. The molecule has 2 aliphatic rings. The van der Waals surface area contributed by atoms with E-state index in [9.17, 15) is 9.18 Å². The molecule has 5 rings (SSSR count). The zero-order valence-corrected chi connectivity index (χ0v) is 18.5. The molecule has 31 heavy (non-hydrogen) atoms. The van der Waals surface area contributed by atoms with Crippen LogP contribution in [0.3, 0.4) is 0 Å². The van der Waals surface area contributed by atoms with E-state index < -0.39 is 5.82 Å². The maximum atomic E-state index is 13.6. The molecule has 0 atom stereocenters. The predicted octanol–water partition coefficient (Wildman–Crippen LogP) is 6.21. The third-order valence-corrected chi connectivity index (χ3v) is 7.20. The van der Waals surface area contributed by atoms with Crippen molar-refractivity contribution in [1.82, 2.24) is 4.98 Å². The summed E-state index contributed by atoms with van der Waals surface area (Å²) in [5, 5.41) is 4.64. The molecule has 1 N–H and O–H groups in total. The van der Waals surface area contributed by atoms with Crippen LogP contribution in [0, 0.1) is 12.7 Å². The molecule has 160 valence electrons. The lowest BCUT2D eigenvalue weighted by molar-refractivity contribution is 0.0989. The third-order valence-electron chi connectivity index (χ3n) is 6.29. The zero-order valence-electron chi connectivity index (χ0n) is 17.7. The van der Waals surface area contributed by atoms with Gasteiger partial charge in [0.1, 0.15) is 5.82 Å². The first-order valence-electron chi connectivity index (χ1n) is 11.0. The molecule has 6 heteroatoms. The standard InChI is InChI=1S/C25H26FN3OS/c1-16-23(28-25(31-16)27-21-8-3-2-4-9-21)18-10-11-22-17(14-18)12-13-29(22)24(30)19-6-5-7-20(26)15-19/h5-7,10-11,14-15,21H,2-4,8-9,12-13H2,1H3,(H,27,28). The lowest BCUT2D eigenvalue weighted by Gasteiger charge is -2.22. The number of hydrogen-bond acceptors (Lipinski definition) is 4. The molecule has 0 unspecified atom stereocenters. The summed E-state index contributed by atoms with van der Waals surface area (Å²) in [5.41, 5.74) is 4.53. The van der Waals surface area contributed by atoms with Gasteiger partial charge in [-0.1, -0.05) is 31.4 Å². The van der Waals surface area contributed by atoms with E-state index >= 15 is 0 Å². The van der Waals surface area contributed by atoms with E-state index in [0.29, 0.717) is 18.2 Å². The van der Waals surface area contributed by atoms with Crippen LogP contribution in [0.5, 0.6) is 0 Å². The number of anilines is 2. The van der Waals surface area contributed by atoms with E-state index in [2.05, 4.69) is 18.3 Å². The highest BCUT2D eigenvalue weighted by Gasteiger charge is 2.26. The molecule has 0 saturated heterocycles. The van der Waals surface area contributed by atoms with Gasteiger partial charge in [0.05, 0.1) is 5.69 Å². The lowest BCUT2D eigenvalue weighted by atomic mass is 9.96. The number of halogens is 1. The summed E-state index contributed by atoms with van der Waals surface area (Å²) in [6.45, 7) is 2.73. The lowest BCUT2D eigenvalue weighted by Crippen LogP contribution is -2.28. The van der Waals surface area contributed by atoms with Gasteiger partial charge < -0.3 is 10.2 Å². The van der Waals surface area contributed by atoms with Crippen LogP contribution in [0.1, 0.15) is 52.9 Å². The summed E-state index contributed by atoms with van der Waals surface area (Å²) < 4.78 is 13.6. The summed E-state index contributed by atoms with van der Waals surface area (Å²) in [5.74, 6) is -0.549. The maximum Gasteiger partial charge on any atom is 0.258 e. The second kappa shape index (κ2) is 8.42. The normalized spacial score (nSPS) is 16.4. The van der Waals surface area contributed by atoms with Gasteiger partial charge in [0, 0.05) is 34.3 Å². The van der Waals surface area contributed by atoms with Gasteiger partial charge in [-0.3, -0.25) is 4.79 Å². The molecule has 2 heterocycles. The molecule has 0 spiro atoms. The highest BCUT2D eigenvalue weighted by molar-refractivity contribution is 7.16. The van der Waals surface area contributed by atoms with Crippen LogP contribution in [-0.4, -0.2) is 23.5 Å². The summed E-state index contributed by atoms with van der Waals surface area (Å²) in [7, 11) is 0. The Balaban J connectivity index is 1.37. The molecule has 3 aromatic rings. The number of amides is 1. The second-order valence-corrected chi connectivity index (χ2v) is 9.67. The summed E-state index contributed by atoms with van der Waals surface area (Å²) >= 11 is 1.72. The number of nitrogens with zero attached hydrogens (tertiary/aromatic N) is 2. The Morgan fingerprint density at radius 1 is 1.16 bits per heavy atom. The number of hydrogen-bond donors (Lipinski definition) is 1. The first-order chi connectivity index (χ1) is 15.1. The Morgan fingerprint density at radius 3 is 2.81 bits per heavy atom. The highest BCUT2D eigenvalue weighted by Crippen LogP contribution is 2.37. The quantitative estimate of drug-likeness (QED) is 0.530. The summed E-state index contributed by atoms with van der Waals surface area (Å²) in [6.07, 6.45) is 7.17. The van der Waals surface area contributed by atoms with Crippen molar-refractivity contribution in [1.29, 1.82) is 0 Å². The first-order valence-corrected chi connectivity index (χ1v) is 11.8. The average Bonchev–Trinajstić information content (AvgIpc) is 3.36. The number of carbonyl (C=O) groups excluding carboxylic acids is 1. The monoisotopic (exact) mass is 435 g/mol. The van der Waals surface area contributed by atoms with Crippen LogP contribution in [-0.2, 0) is 6.42 Å². The van der Waals surface area contributed by atoms with Gasteiger partial charge in [0.2, 0.25) is 0 Å². The minimum atomic E-state index is -0.391. The van der Waals surface area contributed by atoms with Crippen molar-refractivity contribution in [2.75, 3.05) is 16.8 Å². The molecule has 0 bridgehead atoms. The molecule has 1 aromatic heterocycles. The van der Waals surface area contributed by atoms with Crippen LogP contribution in [0.2, 0.25) is 0 Å². The van der Waals surface area contributed by atoms with Crippen LogP contribution in [0.4, 0.5) is 15.2 Å². The number of thiazole rings is 1. The molecular weight excluding hydrogens is 409 g/mol. The van der Waals surface area contributed by atoms with Gasteiger partial charge in [0.15, 0.2) is 5.13 Å². The fourth-order valence-corrected chi connectivity index (χ4v) is 5.60. The van der Waals surface area contributed by atoms with Crippen LogP contribution in [0.25, 0.3) is 11.3 Å². The minimum absolute atomic E-state index is 0.158. The summed E-state index contributed by atoms with van der Waals surface area (Å²) in [4.78, 5) is 20.7. The Morgan fingerprint density at radius 2 is 2.00 bits per heavy atom. The van der Waals surface area contributed by atoms with Crippen molar-refractivity contribution >= 4 is 28.1 Å².